The fourth-order valence-corrected chi connectivity index (χ4v) is 3.96. The lowest BCUT2D eigenvalue weighted by Gasteiger charge is -2.12. The third-order valence-corrected chi connectivity index (χ3v) is 5.89. The van der Waals surface area contributed by atoms with Gasteiger partial charge in [0.1, 0.15) is 5.75 Å². The van der Waals surface area contributed by atoms with Crippen LogP contribution in [-0.2, 0) is 14.8 Å². The molecule has 0 atom stereocenters. The Bertz CT molecular complexity index is 1140. The number of carbonyl (C=O) groups excluding carboxylic acids is 1. The van der Waals surface area contributed by atoms with Gasteiger partial charge in [-0.3, -0.25) is 9.52 Å². The summed E-state index contributed by atoms with van der Waals surface area (Å²) in [6.07, 6.45) is 0. The number of ether oxygens (including phenoxy) is 1. The molecular formula is C22H21ClN2O4S. The minimum atomic E-state index is -3.81. The number of carbonyl (C=O) groups is 1. The van der Waals surface area contributed by atoms with Crippen LogP contribution < -0.4 is 14.8 Å². The van der Waals surface area contributed by atoms with E-state index in [1.807, 2.05) is 38.1 Å². The molecule has 3 aromatic rings. The van der Waals surface area contributed by atoms with E-state index in [1.165, 1.54) is 18.2 Å². The van der Waals surface area contributed by atoms with Crippen molar-refractivity contribution in [2.75, 3.05) is 16.6 Å². The topological polar surface area (TPSA) is 84.5 Å². The fraction of sp³-hybridized carbons (Fsp3) is 0.136. The maximum Gasteiger partial charge on any atom is 0.262 e. The number of sulfonamides is 1. The Morgan fingerprint density at radius 1 is 0.900 bits per heavy atom. The van der Waals surface area contributed by atoms with Gasteiger partial charge >= 0.3 is 0 Å². The largest absolute Gasteiger partial charge is 0.482 e. The Morgan fingerprint density at radius 2 is 1.47 bits per heavy atom. The van der Waals surface area contributed by atoms with E-state index < -0.39 is 10.0 Å². The van der Waals surface area contributed by atoms with Gasteiger partial charge in [0.2, 0.25) is 0 Å². The minimum absolute atomic E-state index is 0.00969. The average Bonchev–Trinajstić information content (AvgIpc) is 2.70. The van der Waals surface area contributed by atoms with Crippen molar-refractivity contribution in [3.63, 3.8) is 0 Å². The van der Waals surface area contributed by atoms with E-state index in [9.17, 15) is 13.2 Å². The third-order valence-electron chi connectivity index (χ3n) is 4.21. The second-order valence-corrected chi connectivity index (χ2v) is 8.86. The van der Waals surface area contributed by atoms with Gasteiger partial charge in [0, 0.05) is 11.4 Å². The molecule has 0 radical (unpaired) electrons. The molecule has 0 aliphatic carbocycles. The Kier molecular flexibility index (Phi) is 6.64. The second kappa shape index (κ2) is 9.19. The number of hydrogen-bond acceptors (Lipinski definition) is 4. The number of halogens is 1. The molecule has 0 heterocycles. The number of rotatable bonds is 7. The predicted octanol–water partition coefficient (Wildman–Crippen LogP) is 4.78. The molecule has 2 N–H and O–H groups in total. The molecule has 156 valence electrons. The van der Waals surface area contributed by atoms with E-state index in [1.54, 1.807) is 24.3 Å². The summed E-state index contributed by atoms with van der Waals surface area (Å²) >= 11 is 6.17. The van der Waals surface area contributed by atoms with Crippen molar-refractivity contribution in [2.24, 2.45) is 0 Å². The lowest BCUT2D eigenvalue weighted by molar-refractivity contribution is -0.118. The standard InChI is InChI=1S/C22H21ClN2O4S/c1-15-3-7-17(8-4-15)24-22(26)14-29-21-12-11-19(13-20(21)23)30(27,28)25-18-9-5-16(2)6-10-18/h3-13,25H,14H2,1-2H3,(H,24,26). The van der Waals surface area contributed by atoms with Crippen LogP contribution in [0, 0.1) is 13.8 Å². The molecule has 0 saturated carbocycles. The molecule has 0 unspecified atom stereocenters. The molecule has 3 rings (SSSR count). The zero-order valence-electron chi connectivity index (χ0n) is 16.5. The quantitative estimate of drug-likeness (QED) is 0.549. The normalized spacial score (nSPS) is 11.0. The summed E-state index contributed by atoms with van der Waals surface area (Å²) in [5, 5.41) is 2.80. The zero-order valence-corrected chi connectivity index (χ0v) is 18.0. The highest BCUT2D eigenvalue weighted by Crippen LogP contribution is 2.28. The lowest BCUT2D eigenvalue weighted by Crippen LogP contribution is -2.20. The first-order valence-electron chi connectivity index (χ1n) is 9.11. The van der Waals surface area contributed by atoms with Crippen LogP contribution in [0.15, 0.2) is 71.6 Å². The number of hydrogen-bond donors (Lipinski definition) is 2. The first-order valence-corrected chi connectivity index (χ1v) is 11.0. The van der Waals surface area contributed by atoms with E-state index in [-0.39, 0.29) is 28.2 Å². The number of nitrogens with one attached hydrogen (secondary N) is 2. The summed E-state index contributed by atoms with van der Waals surface area (Å²) in [7, 11) is -3.81. The van der Waals surface area contributed by atoms with Gasteiger partial charge in [-0.15, -0.1) is 0 Å². The Morgan fingerprint density at radius 3 is 2.03 bits per heavy atom. The molecule has 0 aliphatic rings. The lowest BCUT2D eigenvalue weighted by atomic mass is 10.2. The van der Waals surface area contributed by atoms with Crippen molar-refractivity contribution in [3.05, 3.63) is 82.9 Å². The summed E-state index contributed by atoms with van der Waals surface area (Å²) in [5.74, 6) is -0.141. The molecule has 8 heteroatoms. The molecule has 0 aromatic heterocycles. The summed E-state index contributed by atoms with van der Waals surface area (Å²) in [4.78, 5) is 12.0. The van der Waals surface area contributed by atoms with Crippen LogP contribution in [0.2, 0.25) is 5.02 Å². The Labute approximate surface area is 180 Å². The van der Waals surface area contributed by atoms with Crippen LogP contribution in [0.4, 0.5) is 11.4 Å². The molecule has 0 aliphatic heterocycles. The van der Waals surface area contributed by atoms with Gasteiger partial charge < -0.3 is 10.1 Å². The monoisotopic (exact) mass is 444 g/mol. The van der Waals surface area contributed by atoms with Crippen molar-refractivity contribution >= 4 is 38.9 Å². The van der Waals surface area contributed by atoms with Crippen LogP contribution in [0.25, 0.3) is 0 Å². The van der Waals surface area contributed by atoms with Crippen LogP contribution in [0.5, 0.6) is 5.75 Å². The number of aryl methyl sites for hydroxylation is 2. The highest BCUT2D eigenvalue weighted by Gasteiger charge is 2.17. The number of anilines is 2. The van der Waals surface area contributed by atoms with Crippen molar-refractivity contribution < 1.29 is 17.9 Å². The molecule has 0 fully saturated rings. The van der Waals surface area contributed by atoms with E-state index in [2.05, 4.69) is 10.0 Å². The van der Waals surface area contributed by atoms with E-state index in [0.717, 1.165) is 11.1 Å². The second-order valence-electron chi connectivity index (χ2n) is 6.77. The number of benzene rings is 3. The Hall–Kier alpha value is -3.03. The SMILES string of the molecule is Cc1ccc(NC(=O)COc2ccc(S(=O)(=O)Nc3ccc(C)cc3)cc2Cl)cc1. The highest BCUT2D eigenvalue weighted by molar-refractivity contribution is 7.92. The first kappa shape index (κ1) is 21.7. The van der Waals surface area contributed by atoms with Crippen LogP contribution in [-0.4, -0.2) is 20.9 Å². The Balaban J connectivity index is 1.63. The maximum atomic E-state index is 12.6. The van der Waals surface area contributed by atoms with Gasteiger partial charge in [-0.2, -0.15) is 0 Å². The third kappa shape index (κ3) is 5.75. The van der Waals surface area contributed by atoms with Gasteiger partial charge in [0.15, 0.2) is 6.61 Å². The molecule has 0 bridgehead atoms. The molecule has 0 spiro atoms. The molecule has 0 saturated heterocycles. The van der Waals surface area contributed by atoms with Crippen LogP contribution >= 0.6 is 11.6 Å². The van der Waals surface area contributed by atoms with Crippen molar-refractivity contribution in [1.82, 2.24) is 0 Å². The van der Waals surface area contributed by atoms with Crippen LogP contribution in [0.1, 0.15) is 11.1 Å². The summed E-state index contributed by atoms with van der Waals surface area (Å²) in [5.41, 5.74) is 3.21. The summed E-state index contributed by atoms with van der Waals surface area (Å²) in [6, 6.07) is 18.4. The fourth-order valence-electron chi connectivity index (χ4n) is 2.58. The van der Waals surface area contributed by atoms with Crippen molar-refractivity contribution in [1.29, 1.82) is 0 Å². The minimum Gasteiger partial charge on any atom is -0.482 e. The maximum absolute atomic E-state index is 12.6. The predicted molar refractivity (Wildman–Crippen MR) is 119 cm³/mol. The molecule has 3 aromatic carbocycles. The summed E-state index contributed by atoms with van der Waals surface area (Å²) in [6.45, 7) is 3.61. The highest BCUT2D eigenvalue weighted by atomic mass is 35.5. The smallest absolute Gasteiger partial charge is 0.262 e. The molecule has 6 nitrogen and oxygen atoms in total. The number of amides is 1. The van der Waals surface area contributed by atoms with E-state index in [4.69, 9.17) is 16.3 Å². The van der Waals surface area contributed by atoms with Gasteiger partial charge in [0.05, 0.1) is 9.92 Å². The van der Waals surface area contributed by atoms with Gasteiger partial charge in [-0.05, 0) is 56.3 Å². The van der Waals surface area contributed by atoms with Gasteiger partial charge in [-0.25, -0.2) is 8.42 Å². The molecular weight excluding hydrogens is 424 g/mol. The zero-order chi connectivity index (χ0) is 21.7. The van der Waals surface area contributed by atoms with Crippen molar-refractivity contribution in [2.45, 2.75) is 18.7 Å². The average molecular weight is 445 g/mol. The molecule has 30 heavy (non-hydrogen) atoms. The van der Waals surface area contributed by atoms with Gasteiger partial charge in [0.25, 0.3) is 15.9 Å². The van der Waals surface area contributed by atoms with E-state index >= 15 is 0 Å². The van der Waals surface area contributed by atoms with Crippen LogP contribution in [0.3, 0.4) is 0 Å². The van der Waals surface area contributed by atoms with E-state index in [0.29, 0.717) is 11.4 Å². The molecule has 1 amide bonds. The van der Waals surface area contributed by atoms with Crippen molar-refractivity contribution in [3.8, 4) is 5.75 Å². The summed E-state index contributed by atoms with van der Waals surface area (Å²) < 4.78 is 33.1. The first-order chi connectivity index (χ1) is 14.2. The van der Waals surface area contributed by atoms with Gasteiger partial charge in [-0.1, -0.05) is 47.0 Å².